The number of halogens is 2. The van der Waals surface area contributed by atoms with E-state index in [0.717, 1.165) is 24.5 Å². The summed E-state index contributed by atoms with van der Waals surface area (Å²) in [5.41, 5.74) is -0.418. The highest BCUT2D eigenvalue weighted by atomic mass is 32.2. The fourth-order valence-electron chi connectivity index (χ4n) is 2.37. The molecule has 2 aromatic rings. The average Bonchev–Trinajstić information content (AvgIpc) is 2.57. The highest BCUT2D eigenvalue weighted by Gasteiger charge is 2.30. The van der Waals surface area contributed by atoms with Crippen LogP contribution in [0.2, 0.25) is 0 Å². The lowest BCUT2D eigenvalue weighted by atomic mass is 10.2. The second-order valence-electron chi connectivity index (χ2n) is 5.63. The number of hydrogen-bond donors (Lipinski definition) is 1. The van der Waals surface area contributed by atoms with Gasteiger partial charge in [0.15, 0.2) is 11.6 Å². The predicted molar refractivity (Wildman–Crippen MR) is 94.9 cm³/mol. The minimum atomic E-state index is -4.03. The van der Waals surface area contributed by atoms with Crippen molar-refractivity contribution < 1.29 is 26.9 Å². The number of carbonyl (C=O) groups excluding carboxylic acids is 1. The Balaban J connectivity index is 2.33. The number of non-ortho nitro benzene ring substituents is 1. The molecule has 11 heteroatoms. The maximum absolute atomic E-state index is 13.5. The van der Waals surface area contributed by atoms with Gasteiger partial charge in [-0.1, -0.05) is 6.07 Å². The number of amides is 1. The number of nitrogens with one attached hydrogen (secondary N) is 1. The number of nitro groups is 1. The monoisotopic (exact) mass is 399 g/mol. The van der Waals surface area contributed by atoms with Crippen LogP contribution in [0, 0.1) is 21.7 Å². The van der Waals surface area contributed by atoms with Crippen LogP contribution in [0.5, 0.6) is 0 Å². The van der Waals surface area contributed by atoms with Gasteiger partial charge in [-0.2, -0.15) is 0 Å². The molecule has 0 aliphatic carbocycles. The van der Waals surface area contributed by atoms with Gasteiger partial charge in [-0.15, -0.1) is 0 Å². The van der Waals surface area contributed by atoms with Crippen LogP contribution in [0.4, 0.5) is 25.8 Å². The minimum absolute atomic E-state index is 0.0831. The van der Waals surface area contributed by atoms with Crippen molar-refractivity contribution >= 4 is 33.0 Å². The summed E-state index contributed by atoms with van der Waals surface area (Å²) in [4.78, 5) is 22.6. The normalized spacial score (nSPS) is 12.3. The van der Waals surface area contributed by atoms with Crippen LogP contribution >= 0.6 is 0 Å². The van der Waals surface area contributed by atoms with E-state index in [-0.39, 0.29) is 17.1 Å². The molecule has 0 bridgehead atoms. The Morgan fingerprint density at radius 3 is 2.41 bits per heavy atom. The zero-order chi connectivity index (χ0) is 20.4. The van der Waals surface area contributed by atoms with Crippen molar-refractivity contribution in [3.63, 3.8) is 0 Å². The summed E-state index contributed by atoms with van der Waals surface area (Å²) < 4.78 is 51.5. The van der Waals surface area contributed by atoms with E-state index < -0.39 is 38.5 Å². The van der Waals surface area contributed by atoms with E-state index in [2.05, 4.69) is 5.32 Å². The molecule has 8 nitrogen and oxygen atoms in total. The lowest BCUT2D eigenvalue weighted by Gasteiger charge is -2.28. The summed E-state index contributed by atoms with van der Waals surface area (Å²) in [6.45, 7) is 1.25. The van der Waals surface area contributed by atoms with E-state index in [9.17, 15) is 32.1 Å². The molecular formula is C16H15F2N3O5S. The molecule has 1 atom stereocenters. The Morgan fingerprint density at radius 1 is 1.19 bits per heavy atom. The average molecular weight is 399 g/mol. The van der Waals surface area contributed by atoms with Crippen molar-refractivity contribution in [2.24, 2.45) is 0 Å². The quantitative estimate of drug-likeness (QED) is 0.593. The summed E-state index contributed by atoms with van der Waals surface area (Å²) in [6, 6.07) is 6.15. The lowest BCUT2D eigenvalue weighted by molar-refractivity contribution is -0.384. The molecule has 2 rings (SSSR count). The molecule has 0 radical (unpaired) electrons. The smallest absolute Gasteiger partial charge is 0.271 e. The zero-order valence-corrected chi connectivity index (χ0v) is 15.0. The molecule has 2 aromatic carbocycles. The van der Waals surface area contributed by atoms with Crippen molar-refractivity contribution in [2.75, 3.05) is 15.9 Å². The van der Waals surface area contributed by atoms with Gasteiger partial charge in [0.2, 0.25) is 15.9 Å². The highest BCUT2D eigenvalue weighted by molar-refractivity contribution is 7.92. The number of benzene rings is 2. The number of hydrogen-bond acceptors (Lipinski definition) is 5. The number of carbonyl (C=O) groups is 1. The van der Waals surface area contributed by atoms with Gasteiger partial charge in [-0.25, -0.2) is 17.2 Å². The van der Waals surface area contributed by atoms with Crippen LogP contribution in [0.3, 0.4) is 0 Å². The molecule has 144 valence electrons. The van der Waals surface area contributed by atoms with Crippen molar-refractivity contribution in [3.05, 3.63) is 64.2 Å². The molecule has 0 aliphatic heterocycles. The first-order chi connectivity index (χ1) is 12.5. The lowest BCUT2D eigenvalue weighted by Crippen LogP contribution is -2.45. The first-order valence-electron chi connectivity index (χ1n) is 7.50. The molecule has 0 aliphatic rings. The molecule has 0 heterocycles. The van der Waals surface area contributed by atoms with Crippen LogP contribution < -0.4 is 9.62 Å². The topological polar surface area (TPSA) is 110 Å². The second kappa shape index (κ2) is 7.66. The molecule has 0 unspecified atom stereocenters. The zero-order valence-electron chi connectivity index (χ0n) is 14.2. The number of anilines is 2. The van der Waals surface area contributed by atoms with Gasteiger partial charge in [0.1, 0.15) is 6.04 Å². The van der Waals surface area contributed by atoms with Gasteiger partial charge in [0.25, 0.3) is 5.69 Å². The summed E-state index contributed by atoms with van der Waals surface area (Å²) in [6.07, 6.45) is 0.811. The highest BCUT2D eigenvalue weighted by Crippen LogP contribution is 2.24. The van der Waals surface area contributed by atoms with Crippen LogP contribution in [0.1, 0.15) is 6.92 Å². The summed E-state index contributed by atoms with van der Waals surface area (Å²) in [7, 11) is -4.03. The third kappa shape index (κ3) is 4.76. The molecule has 0 saturated carbocycles. The first-order valence-corrected chi connectivity index (χ1v) is 9.35. The molecule has 1 N–H and O–H groups in total. The van der Waals surface area contributed by atoms with Crippen molar-refractivity contribution in [2.45, 2.75) is 13.0 Å². The Hall–Kier alpha value is -3.08. The predicted octanol–water partition coefficient (Wildman–Crippen LogP) is 2.67. The van der Waals surface area contributed by atoms with Gasteiger partial charge >= 0.3 is 0 Å². The Kier molecular flexibility index (Phi) is 5.74. The fourth-order valence-corrected chi connectivity index (χ4v) is 3.54. The van der Waals surface area contributed by atoms with E-state index in [1.807, 2.05) is 0 Å². The Labute approximate surface area is 153 Å². The van der Waals surface area contributed by atoms with Crippen molar-refractivity contribution in [3.8, 4) is 0 Å². The summed E-state index contributed by atoms with van der Waals surface area (Å²) in [5.74, 6) is -3.25. The largest absolute Gasteiger partial charge is 0.324 e. The molecule has 0 aromatic heterocycles. The molecule has 0 fully saturated rings. The van der Waals surface area contributed by atoms with E-state index in [0.29, 0.717) is 10.4 Å². The van der Waals surface area contributed by atoms with Crippen LogP contribution in [0.25, 0.3) is 0 Å². The van der Waals surface area contributed by atoms with Gasteiger partial charge in [-0.05, 0) is 25.1 Å². The standard InChI is InChI=1S/C16H15F2N3O5S/c1-10(16(22)19-11-4-3-5-13(8-11)21(23)24)20(27(2,25)26)12-6-7-14(17)15(18)9-12/h3-10H,1-2H3,(H,19,22)/t10-/m1/s1. The number of rotatable bonds is 6. The van der Waals surface area contributed by atoms with Crippen LogP contribution in [-0.2, 0) is 14.8 Å². The van der Waals surface area contributed by atoms with E-state index in [1.54, 1.807) is 0 Å². The van der Waals surface area contributed by atoms with Gasteiger partial charge < -0.3 is 5.32 Å². The number of sulfonamides is 1. The van der Waals surface area contributed by atoms with Gasteiger partial charge in [0.05, 0.1) is 16.9 Å². The van der Waals surface area contributed by atoms with E-state index in [4.69, 9.17) is 0 Å². The van der Waals surface area contributed by atoms with Crippen LogP contribution in [0.15, 0.2) is 42.5 Å². The molecule has 27 heavy (non-hydrogen) atoms. The first kappa shape index (κ1) is 20.2. The molecular weight excluding hydrogens is 384 g/mol. The van der Waals surface area contributed by atoms with E-state index >= 15 is 0 Å². The Bertz CT molecular complexity index is 997. The minimum Gasteiger partial charge on any atom is -0.324 e. The third-order valence-electron chi connectivity index (χ3n) is 3.57. The van der Waals surface area contributed by atoms with Crippen LogP contribution in [-0.4, -0.2) is 31.5 Å². The maximum Gasteiger partial charge on any atom is 0.271 e. The SMILES string of the molecule is C[C@H](C(=O)Nc1cccc([N+](=O)[O-])c1)N(c1ccc(F)c(F)c1)S(C)(=O)=O. The molecule has 0 spiro atoms. The summed E-state index contributed by atoms with van der Waals surface area (Å²) in [5, 5.41) is 13.2. The summed E-state index contributed by atoms with van der Waals surface area (Å²) >= 11 is 0. The molecule has 1 amide bonds. The number of nitro benzene ring substituents is 1. The number of nitrogens with zero attached hydrogens (tertiary/aromatic N) is 2. The third-order valence-corrected chi connectivity index (χ3v) is 4.81. The maximum atomic E-state index is 13.5. The van der Waals surface area contributed by atoms with Gasteiger partial charge in [-0.3, -0.25) is 19.2 Å². The van der Waals surface area contributed by atoms with Gasteiger partial charge in [0, 0.05) is 23.9 Å². The molecule has 0 saturated heterocycles. The van der Waals surface area contributed by atoms with E-state index in [1.165, 1.54) is 25.1 Å². The second-order valence-corrected chi connectivity index (χ2v) is 7.49. The Morgan fingerprint density at radius 2 is 1.85 bits per heavy atom. The van der Waals surface area contributed by atoms with Crippen molar-refractivity contribution in [1.29, 1.82) is 0 Å². The van der Waals surface area contributed by atoms with Crippen molar-refractivity contribution in [1.82, 2.24) is 0 Å². The fraction of sp³-hybridized carbons (Fsp3) is 0.188.